The standard InChI is InChI=1S/C12H20N4O2S/c1-9-7-10(17)14-12(13-9)19-8-11(18)16-5-3-15(2)4-6-16/h9H,3-8H2,1-2H3,(H,13,14,17)/t9-/m1/s1. The topological polar surface area (TPSA) is 65.0 Å². The number of hydrogen-bond donors (Lipinski definition) is 1. The number of rotatable bonds is 2. The number of aliphatic imine (C=N–C) groups is 1. The minimum Gasteiger partial charge on any atom is -0.339 e. The Kier molecular flexibility index (Phi) is 4.81. The molecule has 6 nitrogen and oxygen atoms in total. The molecule has 106 valence electrons. The molecule has 0 aromatic carbocycles. The molecule has 0 spiro atoms. The first-order valence-corrected chi connectivity index (χ1v) is 7.50. The van der Waals surface area contributed by atoms with E-state index < -0.39 is 0 Å². The van der Waals surface area contributed by atoms with E-state index in [1.165, 1.54) is 11.8 Å². The van der Waals surface area contributed by atoms with E-state index in [9.17, 15) is 9.59 Å². The smallest absolute Gasteiger partial charge is 0.233 e. The molecule has 1 N–H and O–H groups in total. The van der Waals surface area contributed by atoms with Gasteiger partial charge in [-0.1, -0.05) is 11.8 Å². The van der Waals surface area contributed by atoms with E-state index in [2.05, 4.69) is 22.3 Å². The van der Waals surface area contributed by atoms with Crippen molar-refractivity contribution in [2.45, 2.75) is 19.4 Å². The number of amides is 2. The van der Waals surface area contributed by atoms with Crippen LogP contribution < -0.4 is 5.32 Å². The molecule has 0 bridgehead atoms. The zero-order valence-corrected chi connectivity index (χ0v) is 12.2. The molecular formula is C12H20N4O2S. The van der Waals surface area contributed by atoms with Crippen LogP contribution in [0.4, 0.5) is 0 Å². The summed E-state index contributed by atoms with van der Waals surface area (Å²) in [5.41, 5.74) is 0. The third kappa shape index (κ3) is 4.21. The molecule has 0 aliphatic carbocycles. The number of carbonyl (C=O) groups excluding carboxylic acids is 2. The van der Waals surface area contributed by atoms with Gasteiger partial charge in [-0.25, -0.2) is 0 Å². The first-order chi connectivity index (χ1) is 9.04. The molecule has 2 aliphatic rings. The quantitative estimate of drug-likeness (QED) is 0.760. The molecule has 2 aliphatic heterocycles. The molecule has 0 radical (unpaired) electrons. The first-order valence-electron chi connectivity index (χ1n) is 6.51. The monoisotopic (exact) mass is 284 g/mol. The van der Waals surface area contributed by atoms with Crippen molar-refractivity contribution in [1.29, 1.82) is 0 Å². The lowest BCUT2D eigenvalue weighted by Crippen LogP contribution is -2.48. The predicted octanol–water partition coefficient (Wildman–Crippen LogP) is -0.242. The maximum Gasteiger partial charge on any atom is 0.233 e. The molecule has 2 rings (SSSR count). The summed E-state index contributed by atoms with van der Waals surface area (Å²) in [6, 6.07) is 0.00925. The fraction of sp³-hybridized carbons (Fsp3) is 0.750. The van der Waals surface area contributed by atoms with E-state index in [4.69, 9.17) is 0 Å². The Morgan fingerprint density at radius 1 is 1.42 bits per heavy atom. The SMILES string of the molecule is C[C@@H]1CC(=O)NC(SCC(=O)N2CCN(C)CC2)=N1. The van der Waals surface area contributed by atoms with E-state index in [0.29, 0.717) is 17.3 Å². The zero-order chi connectivity index (χ0) is 13.8. The minimum atomic E-state index is -0.0166. The number of likely N-dealkylation sites (N-methyl/N-ethyl adjacent to an activating group) is 1. The summed E-state index contributed by atoms with van der Waals surface area (Å²) in [6.45, 7) is 5.31. The van der Waals surface area contributed by atoms with Crippen LogP contribution in [0.25, 0.3) is 0 Å². The third-order valence-electron chi connectivity index (χ3n) is 3.25. The van der Waals surface area contributed by atoms with Crippen molar-refractivity contribution in [3.8, 4) is 0 Å². The van der Waals surface area contributed by atoms with Crippen molar-refractivity contribution < 1.29 is 9.59 Å². The highest BCUT2D eigenvalue weighted by Crippen LogP contribution is 2.12. The summed E-state index contributed by atoms with van der Waals surface area (Å²) in [7, 11) is 2.06. The fourth-order valence-corrected chi connectivity index (χ4v) is 2.95. The molecule has 1 saturated heterocycles. The third-order valence-corrected chi connectivity index (χ3v) is 4.13. The number of amidine groups is 1. The zero-order valence-electron chi connectivity index (χ0n) is 11.4. The van der Waals surface area contributed by atoms with Gasteiger partial charge in [-0.05, 0) is 14.0 Å². The molecule has 0 unspecified atom stereocenters. The predicted molar refractivity (Wildman–Crippen MR) is 76.2 cm³/mol. The molecule has 0 aromatic heterocycles. The lowest BCUT2D eigenvalue weighted by Gasteiger charge is -2.32. The van der Waals surface area contributed by atoms with Crippen molar-refractivity contribution in [1.82, 2.24) is 15.1 Å². The molecule has 19 heavy (non-hydrogen) atoms. The van der Waals surface area contributed by atoms with Gasteiger partial charge in [0.2, 0.25) is 11.8 Å². The number of nitrogens with zero attached hydrogens (tertiary/aromatic N) is 3. The summed E-state index contributed by atoms with van der Waals surface area (Å²) in [4.78, 5) is 31.8. The fourth-order valence-electron chi connectivity index (χ4n) is 2.07. The summed E-state index contributed by atoms with van der Waals surface area (Å²) in [6.07, 6.45) is 0.427. The van der Waals surface area contributed by atoms with Gasteiger partial charge in [0, 0.05) is 32.6 Å². The van der Waals surface area contributed by atoms with Crippen molar-refractivity contribution in [3.05, 3.63) is 0 Å². The lowest BCUT2D eigenvalue weighted by molar-refractivity contribution is -0.129. The van der Waals surface area contributed by atoms with Crippen LogP contribution in [0.5, 0.6) is 0 Å². The number of hydrogen-bond acceptors (Lipinski definition) is 5. The van der Waals surface area contributed by atoms with Gasteiger partial charge in [-0.15, -0.1) is 0 Å². The van der Waals surface area contributed by atoms with Crippen LogP contribution in [0.2, 0.25) is 0 Å². The van der Waals surface area contributed by atoms with Crippen LogP contribution in [0, 0.1) is 0 Å². The molecule has 0 aromatic rings. The summed E-state index contributed by atoms with van der Waals surface area (Å²) in [5.74, 6) is 0.445. The number of carbonyl (C=O) groups is 2. The van der Waals surface area contributed by atoms with E-state index in [1.54, 1.807) is 0 Å². The van der Waals surface area contributed by atoms with Gasteiger partial charge in [0.25, 0.3) is 0 Å². The second-order valence-electron chi connectivity index (χ2n) is 5.01. The van der Waals surface area contributed by atoms with Crippen LogP contribution in [0.1, 0.15) is 13.3 Å². The Balaban J connectivity index is 1.79. The summed E-state index contributed by atoms with van der Waals surface area (Å²) >= 11 is 1.32. The van der Waals surface area contributed by atoms with Crippen LogP contribution >= 0.6 is 11.8 Å². The summed E-state index contributed by atoms with van der Waals surface area (Å²) < 4.78 is 0. The Bertz CT molecular complexity index is 391. The van der Waals surface area contributed by atoms with Crippen LogP contribution in [-0.4, -0.2) is 71.8 Å². The Morgan fingerprint density at radius 3 is 2.74 bits per heavy atom. The highest BCUT2D eigenvalue weighted by molar-refractivity contribution is 8.14. The second-order valence-corrected chi connectivity index (χ2v) is 5.97. The van der Waals surface area contributed by atoms with E-state index >= 15 is 0 Å². The first kappa shape index (κ1) is 14.3. The van der Waals surface area contributed by atoms with Crippen LogP contribution in [0.3, 0.4) is 0 Å². The van der Waals surface area contributed by atoms with Gasteiger partial charge < -0.3 is 15.1 Å². The van der Waals surface area contributed by atoms with Gasteiger partial charge in [0.1, 0.15) is 0 Å². The van der Waals surface area contributed by atoms with Crippen molar-refractivity contribution in [2.24, 2.45) is 4.99 Å². The maximum absolute atomic E-state index is 12.0. The van der Waals surface area contributed by atoms with Gasteiger partial charge in [-0.2, -0.15) is 0 Å². The Labute approximate surface area is 117 Å². The Hall–Kier alpha value is -1.08. The molecule has 1 atom stereocenters. The van der Waals surface area contributed by atoms with Crippen molar-refractivity contribution in [3.63, 3.8) is 0 Å². The van der Waals surface area contributed by atoms with E-state index in [0.717, 1.165) is 26.2 Å². The number of piperazine rings is 1. The lowest BCUT2D eigenvalue weighted by atomic mass is 10.2. The molecule has 2 amide bonds. The normalized spacial score (nSPS) is 24.9. The average Bonchev–Trinajstić information content (AvgIpc) is 2.36. The Morgan fingerprint density at radius 2 is 2.11 bits per heavy atom. The van der Waals surface area contributed by atoms with E-state index in [-0.39, 0.29) is 17.9 Å². The van der Waals surface area contributed by atoms with Crippen LogP contribution in [0.15, 0.2) is 4.99 Å². The number of thioether (sulfide) groups is 1. The van der Waals surface area contributed by atoms with Crippen LogP contribution in [-0.2, 0) is 9.59 Å². The molecule has 1 fully saturated rings. The minimum absolute atomic E-state index is 0.00925. The maximum atomic E-state index is 12.0. The highest BCUT2D eigenvalue weighted by atomic mass is 32.2. The second kappa shape index (κ2) is 6.38. The highest BCUT2D eigenvalue weighted by Gasteiger charge is 2.22. The molecular weight excluding hydrogens is 264 g/mol. The van der Waals surface area contributed by atoms with E-state index in [1.807, 2.05) is 11.8 Å². The van der Waals surface area contributed by atoms with Gasteiger partial charge in [0.05, 0.1) is 11.8 Å². The molecule has 7 heteroatoms. The van der Waals surface area contributed by atoms with Gasteiger partial charge in [-0.3, -0.25) is 14.6 Å². The van der Waals surface area contributed by atoms with Gasteiger partial charge >= 0.3 is 0 Å². The average molecular weight is 284 g/mol. The number of nitrogens with one attached hydrogen (secondary N) is 1. The summed E-state index contributed by atoms with van der Waals surface area (Å²) in [5, 5.41) is 3.28. The van der Waals surface area contributed by atoms with Crippen molar-refractivity contribution >= 4 is 28.7 Å². The van der Waals surface area contributed by atoms with Gasteiger partial charge in [0.15, 0.2) is 5.17 Å². The molecule has 2 heterocycles. The largest absolute Gasteiger partial charge is 0.339 e. The molecule has 0 saturated carbocycles. The van der Waals surface area contributed by atoms with Crippen molar-refractivity contribution in [2.75, 3.05) is 39.0 Å².